The fourth-order valence-corrected chi connectivity index (χ4v) is 0.929. The highest BCUT2D eigenvalue weighted by Gasteiger charge is 2.22. The van der Waals surface area contributed by atoms with Crippen molar-refractivity contribution in [2.45, 2.75) is 19.4 Å². The Bertz CT molecular complexity index is 258. The van der Waals surface area contributed by atoms with Gasteiger partial charge in [-0.05, 0) is 19.9 Å². The lowest BCUT2D eigenvalue weighted by Crippen LogP contribution is -2.47. The number of anilines is 1. The molecule has 0 amide bonds. The summed E-state index contributed by atoms with van der Waals surface area (Å²) in [4.78, 5) is 10.1. The topological polar surface area (TPSA) is 55.0 Å². The van der Waals surface area contributed by atoms with E-state index in [-0.39, 0.29) is 5.54 Å². The summed E-state index contributed by atoms with van der Waals surface area (Å²) >= 11 is 0. The maximum Gasteiger partial charge on any atom is 0.132 e. The van der Waals surface area contributed by atoms with E-state index in [9.17, 15) is 0 Å². The Hall–Kier alpha value is -1.16. The molecule has 1 aromatic heterocycles. The van der Waals surface area contributed by atoms with Crippen molar-refractivity contribution in [3.63, 3.8) is 0 Å². The standard InChI is InChI=1S/C9H16N4/c1-9(2,6-10)13(3)8-4-5-11-7-12-8/h4-5,7H,6,10H2,1-3H3. The van der Waals surface area contributed by atoms with Crippen LogP contribution in [0, 0.1) is 0 Å². The molecule has 1 rings (SSSR count). The molecule has 13 heavy (non-hydrogen) atoms. The summed E-state index contributed by atoms with van der Waals surface area (Å²) in [6.07, 6.45) is 3.27. The molecule has 0 atom stereocenters. The zero-order valence-corrected chi connectivity index (χ0v) is 8.36. The van der Waals surface area contributed by atoms with Crippen molar-refractivity contribution in [2.24, 2.45) is 5.73 Å². The molecule has 0 aliphatic carbocycles. The Morgan fingerprint density at radius 2 is 2.23 bits per heavy atom. The fraction of sp³-hybridized carbons (Fsp3) is 0.556. The minimum Gasteiger partial charge on any atom is -0.353 e. The van der Waals surface area contributed by atoms with Crippen LogP contribution < -0.4 is 10.6 Å². The smallest absolute Gasteiger partial charge is 0.132 e. The zero-order chi connectivity index (χ0) is 9.90. The van der Waals surface area contributed by atoms with Gasteiger partial charge in [0.25, 0.3) is 0 Å². The molecule has 0 fully saturated rings. The van der Waals surface area contributed by atoms with Crippen LogP contribution in [0.1, 0.15) is 13.8 Å². The first-order valence-electron chi connectivity index (χ1n) is 4.28. The number of nitrogens with zero attached hydrogens (tertiary/aromatic N) is 3. The van der Waals surface area contributed by atoms with E-state index in [0.29, 0.717) is 6.54 Å². The van der Waals surface area contributed by atoms with Gasteiger partial charge in [-0.3, -0.25) is 0 Å². The van der Waals surface area contributed by atoms with Crippen LogP contribution in [0.4, 0.5) is 5.82 Å². The van der Waals surface area contributed by atoms with Crippen LogP contribution in [0.3, 0.4) is 0 Å². The maximum atomic E-state index is 5.66. The van der Waals surface area contributed by atoms with Crippen molar-refractivity contribution in [1.82, 2.24) is 9.97 Å². The minimum absolute atomic E-state index is 0.0750. The zero-order valence-electron chi connectivity index (χ0n) is 8.36. The first-order valence-corrected chi connectivity index (χ1v) is 4.28. The molecule has 0 bridgehead atoms. The van der Waals surface area contributed by atoms with Gasteiger partial charge in [-0.25, -0.2) is 9.97 Å². The van der Waals surface area contributed by atoms with Crippen molar-refractivity contribution in [3.8, 4) is 0 Å². The Morgan fingerprint density at radius 1 is 1.54 bits per heavy atom. The monoisotopic (exact) mass is 180 g/mol. The summed E-state index contributed by atoms with van der Waals surface area (Å²) < 4.78 is 0. The van der Waals surface area contributed by atoms with Crippen molar-refractivity contribution in [3.05, 3.63) is 18.6 Å². The van der Waals surface area contributed by atoms with Gasteiger partial charge in [0.05, 0.1) is 0 Å². The Labute approximate surface area is 78.8 Å². The lowest BCUT2D eigenvalue weighted by atomic mass is 10.0. The summed E-state index contributed by atoms with van der Waals surface area (Å²) in [6, 6.07) is 1.87. The molecule has 0 aliphatic heterocycles. The largest absolute Gasteiger partial charge is 0.353 e. The maximum absolute atomic E-state index is 5.66. The normalized spacial score (nSPS) is 11.4. The molecule has 0 radical (unpaired) electrons. The molecule has 4 heteroatoms. The van der Waals surface area contributed by atoms with E-state index in [2.05, 4.69) is 28.7 Å². The first kappa shape index (κ1) is 9.92. The summed E-state index contributed by atoms with van der Waals surface area (Å²) in [5.74, 6) is 0.894. The highest BCUT2D eigenvalue weighted by molar-refractivity contribution is 5.38. The Kier molecular flexibility index (Phi) is 2.83. The third-order valence-corrected chi connectivity index (χ3v) is 2.32. The second-order valence-corrected chi connectivity index (χ2v) is 3.64. The molecule has 1 heterocycles. The van der Waals surface area contributed by atoms with E-state index >= 15 is 0 Å². The van der Waals surface area contributed by atoms with Crippen LogP contribution >= 0.6 is 0 Å². The first-order chi connectivity index (χ1) is 6.08. The molecular weight excluding hydrogens is 164 g/mol. The number of nitrogens with two attached hydrogens (primary N) is 1. The predicted octanol–water partition coefficient (Wildman–Crippen LogP) is 0.650. The second-order valence-electron chi connectivity index (χ2n) is 3.64. The lowest BCUT2D eigenvalue weighted by molar-refractivity contribution is 0.494. The van der Waals surface area contributed by atoms with Crippen molar-refractivity contribution in [1.29, 1.82) is 0 Å². The third-order valence-electron chi connectivity index (χ3n) is 2.32. The predicted molar refractivity (Wildman–Crippen MR) is 53.6 cm³/mol. The van der Waals surface area contributed by atoms with Gasteiger partial charge < -0.3 is 10.6 Å². The summed E-state index contributed by atoms with van der Waals surface area (Å²) in [6.45, 7) is 4.75. The van der Waals surface area contributed by atoms with Gasteiger partial charge in [-0.15, -0.1) is 0 Å². The Morgan fingerprint density at radius 3 is 2.69 bits per heavy atom. The van der Waals surface area contributed by atoms with E-state index in [1.165, 1.54) is 0 Å². The van der Waals surface area contributed by atoms with Crippen LogP contribution in [0.5, 0.6) is 0 Å². The molecule has 72 valence electrons. The van der Waals surface area contributed by atoms with Crippen LogP contribution in [-0.4, -0.2) is 29.1 Å². The number of hydrogen-bond donors (Lipinski definition) is 1. The molecule has 4 nitrogen and oxygen atoms in total. The molecule has 0 saturated heterocycles. The van der Waals surface area contributed by atoms with E-state index in [1.807, 2.05) is 13.1 Å². The number of rotatable bonds is 3. The van der Waals surface area contributed by atoms with Crippen LogP contribution in [0.2, 0.25) is 0 Å². The second kappa shape index (κ2) is 3.70. The number of aromatic nitrogens is 2. The van der Waals surface area contributed by atoms with Gasteiger partial charge in [0.1, 0.15) is 12.1 Å². The van der Waals surface area contributed by atoms with Crippen LogP contribution in [0.25, 0.3) is 0 Å². The molecule has 1 aromatic rings. The van der Waals surface area contributed by atoms with Crippen molar-refractivity contribution < 1.29 is 0 Å². The fourth-order valence-electron chi connectivity index (χ4n) is 0.929. The van der Waals surface area contributed by atoms with E-state index in [1.54, 1.807) is 12.5 Å². The van der Waals surface area contributed by atoms with Crippen molar-refractivity contribution in [2.75, 3.05) is 18.5 Å². The molecule has 0 aliphatic rings. The molecule has 0 spiro atoms. The molecule has 2 N–H and O–H groups in total. The van der Waals surface area contributed by atoms with Gasteiger partial charge in [0, 0.05) is 25.3 Å². The highest BCUT2D eigenvalue weighted by Crippen LogP contribution is 2.17. The number of likely N-dealkylation sites (N-methyl/N-ethyl adjacent to an activating group) is 1. The quantitative estimate of drug-likeness (QED) is 0.742. The highest BCUT2D eigenvalue weighted by atomic mass is 15.2. The van der Waals surface area contributed by atoms with Gasteiger partial charge in [-0.2, -0.15) is 0 Å². The Balaban J connectivity index is 2.85. The van der Waals surface area contributed by atoms with E-state index in [4.69, 9.17) is 5.73 Å². The van der Waals surface area contributed by atoms with Crippen LogP contribution in [0.15, 0.2) is 18.6 Å². The molecule has 0 unspecified atom stereocenters. The summed E-state index contributed by atoms with van der Waals surface area (Å²) in [5, 5.41) is 0. The number of hydrogen-bond acceptors (Lipinski definition) is 4. The molecule has 0 aromatic carbocycles. The molecule has 0 saturated carbocycles. The summed E-state index contributed by atoms with van der Waals surface area (Å²) in [7, 11) is 1.98. The van der Waals surface area contributed by atoms with Gasteiger partial charge in [-0.1, -0.05) is 0 Å². The SMILES string of the molecule is CN(c1ccncn1)C(C)(C)CN. The molecular formula is C9H16N4. The van der Waals surface area contributed by atoms with Crippen molar-refractivity contribution >= 4 is 5.82 Å². The minimum atomic E-state index is -0.0750. The van der Waals surface area contributed by atoms with Gasteiger partial charge in [0.15, 0.2) is 0 Å². The third kappa shape index (κ3) is 2.15. The average molecular weight is 180 g/mol. The van der Waals surface area contributed by atoms with Gasteiger partial charge >= 0.3 is 0 Å². The van der Waals surface area contributed by atoms with E-state index in [0.717, 1.165) is 5.82 Å². The summed E-state index contributed by atoms with van der Waals surface area (Å²) in [5.41, 5.74) is 5.58. The average Bonchev–Trinajstić information content (AvgIpc) is 2.18. The van der Waals surface area contributed by atoms with Gasteiger partial charge in [0.2, 0.25) is 0 Å². The lowest BCUT2D eigenvalue weighted by Gasteiger charge is -2.35. The van der Waals surface area contributed by atoms with Crippen LogP contribution in [-0.2, 0) is 0 Å². The van der Waals surface area contributed by atoms with E-state index < -0.39 is 0 Å².